The summed E-state index contributed by atoms with van der Waals surface area (Å²) >= 11 is 5.85. The van der Waals surface area contributed by atoms with Crippen molar-refractivity contribution >= 4 is 46.0 Å². The van der Waals surface area contributed by atoms with Gasteiger partial charge in [-0.05, 0) is 55.5 Å². The van der Waals surface area contributed by atoms with E-state index in [1.165, 1.54) is 0 Å². The lowest BCUT2D eigenvalue weighted by Crippen LogP contribution is -2.23. The summed E-state index contributed by atoms with van der Waals surface area (Å²) in [7, 11) is 0. The Morgan fingerprint density at radius 1 is 1.03 bits per heavy atom. The third kappa shape index (κ3) is 5.30. The van der Waals surface area contributed by atoms with Gasteiger partial charge in [-0.2, -0.15) is 0 Å². The Morgan fingerprint density at radius 3 is 2.66 bits per heavy atom. The topological polar surface area (TPSA) is 97.4 Å². The minimum Gasteiger partial charge on any atom is -0.452 e. The van der Waals surface area contributed by atoms with Gasteiger partial charge in [0.2, 0.25) is 0 Å². The second kappa shape index (κ2) is 9.16. The fourth-order valence-electron chi connectivity index (χ4n) is 2.64. The van der Waals surface area contributed by atoms with Crippen molar-refractivity contribution in [3.8, 4) is 0 Å². The van der Waals surface area contributed by atoms with Gasteiger partial charge >= 0.3 is 5.97 Å². The molecule has 29 heavy (non-hydrogen) atoms. The lowest BCUT2D eigenvalue weighted by molar-refractivity contribution is -0.119. The molecule has 0 aliphatic heterocycles. The van der Waals surface area contributed by atoms with Crippen LogP contribution in [0.25, 0.3) is 10.9 Å². The van der Waals surface area contributed by atoms with Gasteiger partial charge in [0, 0.05) is 23.2 Å². The first-order valence-corrected chi connectivity index (χ1v) is 9.25. The summed E-state index contributed by atoms with van der Waals surface area (Å²) in [6.45, 7) is 1.86. The number of esters is 1. The molecule has 0 saturated heterocycles. The second-order valence-electron chi connectivity index (χ2n) is 6.11. The Kier molecular flexibility index (Phi) is 6.41. The van der Waals surface area contributed by atoms with Crippen molar-refractivity contribution in [1.29, 1.82) is 0 Å². The van der Waals surface area contributed by atoms with E-state index in [1.807, 2.05) is 6.92 Å². The molecule has 3 aromatic rings. The number of anilines is 1. The molecule has 8 heteroatoms. The van der Waals surface area contributed by atoms with E-state index in [0.29, 0.717) is 34.0 Å². The summed E-state index contributed by atoms with van der Waals surface area (Å²) in [5.74, 6) is -1.38. The van der Waals surface area contributed by atoms with E-state index in [0.717, 1.165) is 5.39 Å². The summed E-state index contributed by atoms with van der Waals surface area (Å²) in [4.78, 5) is 40.3. The molecule has 0 aliphatic rings. The highest BCUT2D eigenvalue weighted by Gasteiger charge is 2.12. The molecule has 0 unspecified atom stereocenters. The van der Waals surface area contributed by atoms with Gasteiger partial charge in [-0.3, -0.25) is 9.59 Å². The zero-order valence-corrected chi connectivity index (χ0v) is 16.3. The van der Waals surface area contributed by atoms with E-state index in [-0.39, 0.29) is 5.91 Å². The van der Waals surface area contributed by atoms with E-state index in [2.05, 4.69) is 15.6 Å². The number of fused-ring (bicyclic) bond motifs is 1. The Labute approximate surface area is 172 Å². The molecule has 3 rings (SSSR count). The number of carbonyl (C=O) groups is 3. The zero-order chi connectivity index (χ0) is 20.8. The smallest absolute Gasteiger partial charge is 0.338 e. The third-order valence-corrected chi connectivity index (χ3v) is 4.18. The van der Waals surface area contributed by atoms with Crippen LogP contribution in [0.4, 0.5) is 5.69 Å². The van der Waals surface area contributed by atoms with Gasteiger partial charge in [0.15, 0.2) is 6.61 Å². The van der Waals surface area contributed by atoms with Gasteiger partial charge < -0.3 is 15.4 Å². The molecule has 1 aromatic heterocycles. The SMILES string of the molecule is CCNC(=O)c1cccc(NC(=O)COC(=O)c2ccc3nc(Cl)ccc3c2)c1. The number of hydrogen-bond acceptors (Lipinski definition) is 5. The molecule has 2 N–H and O–H groups in total. The van der Waals surface area contributed by atoms with Crippen LogP contribution in [-0.4, -0.2) is 35.9 Å². The number of ether oxygens (including phenoxy) is 1. The Morgan fingerprint density at radius 2 is 1.86 bits per heavy atom. The number of rotatable bonds is 6. The first-order chi connectivity index (χ1) is 14.0. The molecule has 1 heterocycles. The molecule has 0 spiro atoms. The zero-order valence-electron chi connectivity index (χ0n) is 15.6. The van der Waals surface area contributed by atoms with Crippen LogP contribution < -0.4 is 10.6 Å². The molecule has 148 valence electrons. The van der Waals surface area contributed by atoms with Crippen molar-refractivity contribution in [1.82, 2.24) is 10.3 Å². The fourth-order valence-corrected chi connectivity index (χ4v) is 2.79. The van der Waals surface area contributed by atoms with Crippen LogP contribution in [0.5, 0.6) is 0 Å². The van der Waals surface area contributed by atoms with E-state index in [9.17, 15) is 14.4 Å². The van der Waals surface area contributed by atoms with Gasteiger partial charge in [0.05, 0.1) is 11.1 Å². The molecule has 0 radical (unpaired) electrons. The molecule has 0 aliphatic carbocycles. The lowest BCUT2D eigenvalue weighted by atomic mass is 10.1. The quantitative estimate of drug-likeness (QED) is 0.478. The molecule has 0 fully saturated rings. The fraction of sp³-hybridized carbons (Fsp3) is 0.143. The number of aromatic nitrogens is 1. The maximum Gasteiger partial charge on any atom is 0.338 e. The van der Waals surface area contributed by atoms with Crippen molar-refractivity contribution < 1.29 is 19.1 Å². The normalized spacial score (nSPS) is 10.4. The van der Waals surface area contributed by atoms with Crippen LogP contribution in [0.1, 0.15) is 27.6 Å². The minimum absolute atomic E-state index is 0.234. The standard InChI is InChI=1S/C21H18ClN3O4/c1-2-23-20(27)14-4-3-5-16(11-14)24-19(26)12-29-21(28)15-6-8-17-13(10-15)7-9-18(22)25-17/h3-11H,2,12H2,1H3,(H,23,27)(H,24,26). The van der Waals surface area contributed by atoms with E-state index >= 15 is 0 Å². The number of nitrogens with zero attached hydrogens (tertiary/aromatic N) is 1. The monoisotopic (exact) mass is 411 g/mol. The van der Waals surface area contributed by atoms with Crippen LogP contribution in [0, 0.1) is 0 Å². The molecular formula is C21H18ClN3O4. The van der Waals surface area contributed by atoms with Crippen molar-refractivity contribution in [2.75, 3.05) is 18.5 Å². The number of hydrogen-bond donors (Lipinski definition) is 2. The predicted octanol–water partition coefficient (Wildman–Crippen LogP) is 3.43. The van der Waals surface area contributed by atoms with Crippen LogP contribution >= 0.6 is 11.6 Å². The summed E-state index contributed by atoms with van der Waals surface area (Å²) < 4.78 is 5.07. The largest absolute Gasteiger partial charge is 0.452 e. The molecule has 7 nitrogen and oxygen atoms in total. The number of benzene rings is 2. The first-order valence-electron chi connectivity index (χ1n) is 8.88. The van der Waals surface area contributed by atoms with Gasteiger partial charge in [-0.25, -0.2) is 9.78 Å². The van der Waals surface area contributed by atoms with Gasteiger partial charge in [0.1, 0.15) is 5.15 Å². The average molecular weight is 412 g/mol. The number of nitrogens with one attached hydrogen (secondary N) is 2. The van der Waals surface area contributed by atoms with Crippen molar-refractivity contribution in [2.45, 2.75) is 6.92 Å². The van der Waals surface area contributed by atoms with Crippen molar-refractivity contribution in [3.05, 3.63) is 70.9 Å². The number of amides is 2. The summed E-state index contributed by atoms with van der Waals surface area (Å²) in [6, 6.07) is 14.7. The molecule has 0 bridgehead atoms. The Bertz CT molecular complexity index is 1080. The van der Waals surface area contributed by atoms with Crippen LogP contribution in [0.3, 0.4) is 0 Å². The number of halogens is 1. The molecule has 0 atom stereocenters. The maximum absolute atomic E-state index is 12.2. The molecule has 2 amide bonds. The first kappa shape index (κ1) is 20.3. The minimum atomic E-state index is -0.631. The second-order valence-corrected chi connectivity index (χ2v) is 6.49. The Balaban J connectivity index is 1.59. The predicted molar refractivity (Wildman–Crippen MR) is 110 cm³/mol. The lowest BCUT2D eigenvalue weighted by Gasteiger charge is -2.09. The van der Waals surface area contributed by atoms with Crippen LogP contribution in [0.2, 0.25) is 5.15 Å². The van der Waals surface area contributed by atoms with Crippen molar-refractivity contribution in [2.24, 2.45) is 0 Å². The van der Waals surface area contributed by atoms with E-state index < -0.39 is 18.5 Å². The number of pyridine rings is 1. The maximum atomic E-state index is 12.2. The van der Waals surface area contributed by atoms with Gasteiger partial charge in [-0.1, -0.05) is 17.7 Å². The van der Waals surface area contributed by atoms with Crippen LogP contribution in [-0.2, 0) is 9.53 Å². The molecule has 2 aromatic carbocycles. The molecule has 0 saturated carbocycles. The molecular weight excluding hydrogens is 394 g/mol. The van der Waals surface area contributed by atoms with Gasteiger partial charge in [-0.15, -0.1) is 0 Å². The summed E-state index contributed by atoms with van der Waals surface area (Å²) in [5.41, 5.74) is 1.81. The Hall–Kier alpha value is -3.45. The third-order valence-electron chi connectivity index (χ3n) is 3.97. The van der Waals surface area contributed by atoms with Crippen LogP contribution in [0.15, 0.2) is 54.6 Å². The van der Waals surface area contributed by atoms with E-state index in [4.69, 9.17) is 16.3 Å². The van der Waals surface area contributed by atoms with Crippen molar-refractivity contribution in [3.63, 3.8) is 0 Å². The number of carbonyl (C=O) groups excluding carboxylic acids is 3. The highest BCUT2D eigenvalue weighted by Crippen LogP contribution is 2.18. The highest BCUT2D eigenvalue weighted by molar-refractivity contribution is 6.29. The highest BCUT2D eigenvalue weighted by atomic mass is 35.5. The summed E-state index contributed by atoms with van der Waals surface area (Å²) in [5, 5.41) is 6.38. The summed E-state index contributed by atoms with van der Waals surface area (Å²) in [6.07, 6.45) is 0. The van der Waals surface area contributed by atoms with Gasteiger partial charge in [0.25, 0.3) is 11.8 Å². The van der Waals surface area contributed by atoms with E-state index in [1.54, 1.807) is 54.6 Å². The average Bonchev–Trinajstić information content (AvgIpc) is 2.72.